The fraction of sp³-hybridized carbons (Fsp3) is 0.417. The molecule has 0 heterocycles. The Bertz CT molecular complexity index is 422. The maximum Gasteiger partial charge on any atom is 0.242 e. The van der Waals surface area contributed by atoms with Crippen molar-refractivity contribution in [3.05, 3.63) is 27.7 Å². The summed E-state index contributed by atoms with van der Waals surface area (Å²) in [6, 6.07) is 3.80. The number of halogens is 1. The van der Waals surface area contributed by atoms with Gasteiger partial charge in [-0.25, -0.2) is 0 Å². The number of carbonyl (C=O) groups is 1. The Morgan fingerprint density at radius 3 is 2.31 bits per heavy atom. The monoisotopic (exact) mass is 300 g/mol. The van der Waals surface area contributed by atoms with E-state index in [0.717, 1.165) is 15.8 Å². The summed E-state index contributed by atoms with van der Waals surface area (Å²) in [4.78, 5) is 11.6. The highest BCUT2D eigenvalue weighted by Crippen LogP contribution is 2.30. The van der Waals surface area contributed by atoms with Crippen molar-refractivity contribution in [2.75, 3.05) is 0 Å². The number of hydrogen-bond acceptors (Lipinski definition) is 2. The molecule has 88 valence electrons. The minimum atomic E-state index is -1.69. The minimum absolute atomic E-state index is 0.0395. The molecule has 0 unspecified atom stereocenters. The number of aryl methyl sites for hydroxylation is 1. The second-order valence-corrected chi connectivity index (χ2v) is 10.2. The lowest BCUT2D eigenvalue weighted by molar-refractivity contribution is 0.101. The van der Waals surface area contributed by atoms with Gasteiger partial charge in [-0.3, -0.25) is 4.79 Å². The van der Waals surface area contributed by atoms with Crippen molar-refractivity contribution >= 4 is 30.0 Å². The van der Waals surface area contributed by atoms with Gasteiger partial charge in [-0.1, -0.05) is 15.9 Å². The summed E-state index contributed by atoms with van der Waals surface area (Å²) in [5, 5.41) is 0. The fourth-order valence-electron chi connectivity index (χ4n) is 1.43. The van der Waals surface area contributed by atoms with Gasteiger partial charge >= 0.3 is 0 Å². The zero-order valence-electron chi connectivity index (χ0n) is 10.3. The number of rotatable bonds is 3. The first-order valence-corrected chi connectivity index (χ1v) is 9.41. The van der Waals surface area contributed by atoms with Crippen molar-refractivity contribution in [3.8, 4) is 5.75 Å². The predicted molar refractivity (Wildman–Crippen MR) is 72.9 cm³/mol. The van der Waals surface area contributed by atoms with Gasteiger partial charge in [0.25, 0.3) is 0 Å². The SMILES string of the molecule is CC(=O)c1cc(Br)cc(C)c1O[Si](C)(C)C. The highest BCUT2D eigenvalue weighted by molar-refractivity contribution is 9.10. The Kier molecular flexibility index (Phi) is 3.96. The first kappa shape index (κ1) is 13.5. The Morgan fingerprint density at radius 1 is 1.31 bits per heavy atom. The average Bonchev–Trinajstić information content (AvgIpc) is 2.07. The van der Waals surface area contributed by atoms with E-state index in [9.17, 15) is 4.79 Å². The highest BCUT2D eigenvalue weighted by atomic mass is 79.9. The maximum atomic E-state index is 11.6. The van der Waals surface area contributed by atoms with Crippen LogP contribution in [0.1, 0.15) is 22.8 Å². The van der Waals surface area contributed by atoms with Gasteiger partial charge in [0.15, 0.2) is 5.78 Å². The summed E-state index contributed by atoms with van der Waals surface area (Å²) < 4.78 is 6.89. The highest BCUT2D eigenvalue weighted by Gasteiger charge is 2.21. The van der Waals surface area contributed by atoms with Crippen LogP contribution in [0.3, 0.4) is 0 Å². The van der Waals surface area contributed by atoms with Crippen LogP contribution in [-0.2, 0) is 0 Å². The molecule has 16 heavy (non-hydrogen) atoms. The molecular formula is C12H17BrO2Si. The molecule has 1 aromatic rings. The van der Waals surface area contributed by atoms with E-state index in [4.69, 9.17) is 4.43 Å². The molecule has 1 rings (SSSR count). The number of ketones is 1. The van der Waals surface area contributed by atoms with Gasteiger partial charge in [-0.2, -0.15) is 0 Å². The van der Waals surface area contributed by atoms with Crippen molar-refractivity contribution in [2.45, 2.75) is 33.5 Å². The van der Waals surface area contributed by atoms with Gasteiger partial charge in [0, 0.05) is 4.47 Å². The Hall–Kier alpha value is -0.613. The van der Waals surface area contributed by atoms with Crippen molar-refractivity contribution in [2.24, 2.45) is 0 Å². The molecule has 0 bridgehead atoms. The topological polar surface area (TPSA) is 26.3 Å². The smallest absolute Gasteiger partial charge is 0.242 e. The molecule has 0 aliphatic heterocycles. The summed E-state index contributed by atoms with van der Waals surface area (Å²) >= 11 is 3.40. The standard InChI is InChI=1S/C12H17BrO2Si/c1-8-6-10(13)7-11(9(2)14)12(8)15-16(3,4)5/h6-7H,1-5H3. The molecule has 0 N–H and O–H groups in total. The van der Waals surface area contributed by atoms with E-state index >= 15 is 0 Å². The lowest BCUT2D eigenvalue weighted by Gasteiger charge is -2.23. The quantitative estimate of drug-likeness (QED) is 0.618. The maximum absolute atomic E-state index is 11.6. The van der Waals surface area contributed by atoms with Crippen LogP contribution in [0.4, 0.5) is 0 Å². The van der Waals surface area contributed by atoms with Crippen LogP contribution in [0, 0.1) is 6.92 Å². The summed E-state index contributed by atoms with van der Waals surface area (Å²) in [6.45, 7) is 9.86. The first-order chi connectivity index (χ1) is 7.20. The van der Waals surface area contributed by atoms with E-state index < -0.39 is 8.32 Å². The molecule has 0 atom stereocenters. The van der Waals surface area contributed by atoms with Crippen molar-refractivity contribution in [1.82, 2.24) is 0 Å². The van der Waals surface area contributed by atoms with Crippen molar-refractivity contribution < 1.29 is 9.22 Å². The third kappa shape index (κ3) is 3.45. The van der Waals surface area contributed by atoms with Gasteiger partial charge in [0.2, 0.25) is 8.32 Å². The third-order valence-corrected chi connectivity index (χ3v) is 3.30. The van der Waals surface area contributed by atoms with Crippen LogP contribution in [0.25, 0.3) is 0 Å². The lowest BCUT2D eigenvalue weighted by atomic mass is 10.1. The molecule has 0 saturated heterocycles. The van der Waals surface area contributed by atoms with E-state index in [1.54, 1.807) is 6.92 Å². The molecule has 0 aliphatic carbocycles. The second kappa shape index (κ2) is 4.71. The number of carbonyl (C=O) groups excluding carboxylic acids is 1. The van der Waals surface area contributed by atoms with E-state index in [1.807, 2.05) is 19.1 Å². The largest absolute Gasteiger partial charge is 0.544 e. The molecule has 0 fully saturated rings. The third-order valence-electron chi connectivity index (χ3n) is 2.03. The summed E-state index contributed by atoms with van der Waals surface area (Å²) in [7, 11) is -1.69. The van der Waals surface area contributed by atoms with Crippen LogP contribution < -0.4 is 4.43 Å². The van der Waals surface area contributed by atoms with Crippen LogP contribution in [0.15, 0.2) is 16.6 Å². The van der Waals surface area contributed by atoms with E-state index in [1.165, 1.54) is 0 Å². The minimum Gasteiger partial charge on any atom is -0.544 e. The van der Waals surface area contributed by atoms with E-state index in [-0.39, 0.29) is 5.78 Å². The lowest BCUT2D eigenvalue weighted by Crippen LogP contribution is -2.30. The first-order valence-electron chi connectivity index (χ1n) is 5.21. The summed E-state index contributed by atoms with van der Waals surface area (Å²) in [5.41, 5.74) is 1.66. The molecule has 0 saturated carbocycles. The van der Waals surface area contributed by atoms with Crippen LogP contribution in [0.2, 0.25) is 19.6 Å². The van der Waals surface area contributed by atoms with Crippen LogP contribution in [0.5, 0.6) is 5.75 Å². The van der Waals surface area contributed by atoms with Gasteiger partial charge < -0.3 is 4.43 Å². The summed E-state index contributed by atoms with van der Waals surface area (Å²) in [6.07, 6.45) is 0. The molecule has 1 aromatic carbocycles. The average molecular weight is 301 g/mol. The Balaban J connectivity index is 3.30. The Morgan fingerprint density at radius 2 is 1.88 bits per heavy atom. The van der Waals surface area contributed by atoms with Crippen LogP contribution in [-0.4, -0.2) is 14.1 Å². The van der Waals surface area contributed by atoms with Gasteiger partial charge in [-0.15, -0.1) is 0 Å². The van der Waals surface area contributed by atoms with Gasteiger partial charge in [0.1, 0.15) is 5.75 Å². The molecular weight excluding hydrogens is 284 g/mol. The van der Waals surface area contributed by atoms with Gasteiger partial charge in [0.05, 0.1) is 5.56 Å². The molecule has 0 aliphatic rings. The predicted octanol–water partition coefficient (Wildman–Crippen LogP) is 4.17. The second-order valence-electron chi connectivity index (χ2n) is 4.87. The van der Waals surface area contributed by atoms with E-state index in [2.05, 4.69) is 35.6 Å². The normalized spacial score (nSPS) is 11.4. The molecule has 0 amide bonds. The van der Waals surface area contributed by atoms with Crippen LogP contribution >= 0.6 is 15.9 Å². The Labute approximate surface area is 106 Å². The zero-order valence-corrected chi connectivity index (χ0v) is 12.9. The molecule has 4 heteroatoms. The number of benzene rings is 1. The number of Topliss-reactive ketones (excluding diaryl/α,β-unsaturated/α-hetero) is 1. The molecule has 0 spiro atoms. The van der Waals surface area contributed by atoms with Crippen molar-refractivity contribution in [3.63, 3.8) is 0 Å². The van der Waals surface area contributed by atoms with Crippen molar-refractivity contribution in [1.29, 1.82) is 0 Å². The van der Waals surface area contributed by atoms with Gasteiger partial charge in [-0.05, 0) is 51.2 Å². The fourth-order valence-corrected chi connectivity index (χ4v) is 2.89. The molecule has 0 aromatic heterocycles. The summed E-state index contributed by atoms with van der Waals surface area (Å²) in [5.74, 6) is 0.785. The number of hydrogen-bond donors (Lipinski definition) is 0. The molecule has 2 nitrogen and oxygen atoms in total. The molecule has 0 radical (unpaired) electrons. The van der Waals surface area contributed by atoms with E-state index in [0.29, 0.717) is 5.56 Å². The zero-order chi connectivity index (χ0) is 12.5.